The SMILES string of the molecule is c1ccc(-c2cc(-n3c4ccccc4c4cc(-c5cc6c7c(c5)c5ccccc5n7-c5ccccc5-c5cc7ccccc7cc5-6)ccc43)cc3ccccc23)cc1. The average Bonchev–Trinajstić information content (AvgIpc) is 3.77. The lowest BCUT2D eigenvalue weighted by molar-refractivity contribution is 1.19. The molecule has 0 saturated carbocycles. The van der Waals surface area contributed by atoms with E-state index in [1.54, 1.807) is 0 Å². The molecule has 10 aromatic carbocycles. The molecule has 12 aromatic rings. The van der Waals surface area contributed by atoms with Gasteiger partial charge >= 0.3 is 0 Å². The normalized spacial score (nSPS) is 12.1. The summed E-state index contributed by atoms with van der Waals surface area (Å²) >= 11 is 0. The fourth-order valence-electron chi connectivity index (χ4n) is 10.0. The first-order valence-electron chi connectivity index (χ1n) is 20.1. The van der Waals surface area contributed by atoms with Crippen molar-refractivity contribution in [3.8, 4) is 55.9 Å². The molecule has 2 aromatic heterocycles. The lowest BCUT2D eigenvalue weighted by atomic mass is 9.89. The van der Waals surface area contributed by atoms with Gasteiger partial charge in [-0.25, -0.2) is 0 Å². The Labute approximate surface area is 335 Å². The van der Waals surface area contributed by atoms with E-state index in [2.05, 4.69) is 215 Å². The van der Waals surface area contributed by atoms with E-state index in [1.807, 2.05) is 0 Å². The Morgan fingerprint density at radius 1 is 0.259 bits per heavy atom. The van der Waals surface area contributed by atoms with Crippen LogP contribution in [-0.2, 0) is 0 Å². The van der Waals surface area contributed by atoms with E-state index < -0.39 is 0 Å². The topological polar surface area (TPSA) is 9.86 Å². The first-order chi connectivity index (χ1) is 28.8. The molecule has 13 rings (SSSR count). The zero-order valence-corrected chi connectivity index (χ0v) is 31.5. The van der Waals surface area contributed by atoms with Crippen LogP contribution in [0.2, 0.25) is 0 Å². The lowest BCUT2D eigenvalue weighted by Gasteiger charge is -2.15. The fraction of sp³-hybridized carbons (Fsp3) is 0. The summed E-state index contributed by atoms with van der Waals surface area (Å²) in [6.45, 7) is 0. The molecule has 0 amide bonds. The van der Waals surface area contributed by atoms with Crippen molar-refractivity contribution in [1.29, 1.82) is 0 Å². The minimum atomic E-state index is 1.16. The Hall–Kier alpha value is -7.68. The number of hydrogen-bond acceptors (Lipinski definition) is 0. The van der Waals surface area contributed by atoms with Crippen molar-refractivity contribution >= 4 is 65.2 Å². The van der Waals surface area contributed by atoms with Crippen molar-refractivity contribution < 1.29 is 0 Å². The van der Waals surface area contributed by atoms with Gasteiger partial charge in [0.05, 0.1) is 27.8 Å². The zero-order valence-electron chi connectivity index (χ0n) is 31.5. The fourth-order valence-corrected chi connectivity index (χ4v) is 10.0. The van der Waals surface area contributed by atoms with Gasteiger partial charge in [-0.15, -0.1) is 0 Å². The van der Waals surface area contributed by atoms with Crippen LogP contribution in [0, 0.1) is 0 Å². The Balaban J connectivity index is 1.09. The van der Waals surface area contributed by atoms with Crippen LogP contribution in [0.3, 0.4) is 0 Å². The summed E-state index contributed by atoms with van der Waals surface area (Å²) in [4.78, 5) is 0. The van der Waals surface area contributed by atoms with Crippen molar-refractivity contribution in [3.63, 3.8) is 0 Å². The molecular weight excluding hydrogens is 701 g/mol. The van der Waals surface area contributed by atoms with Gasteiger partial charge in [0.2, 0.25) is 0 Å². The number of hydrogen-bond donors (Lipinski definition) is 0. The van der Waals surface area contributed by atoms with Crippen molar-refractivity contribution in [1.82, 2.24) is 9.13 Å². The maximum atomic E-state index is 2.51. The Bertz CT molecular complexity index is 3670. The van der Waals surface area contributed by atoms with Crippen molar-refractivity contribution in [2.45, 2.75) is 0 Å². The third-order valence-electron chi connectivity index (χ3n) is 12.6. The molecule has 0 N–H and O–H groups in total. The number of nitrogens with zero attached hydrogens (tertiary/aromatic N) is 2. The molecular formula is C56H34N2. The summed E-state index contributed by atoms with van der Waals surface area (Å²) in [5.41, 5.74) is 17.2. The summed E-state index contributed by atoms with van der Waals surface area (Å²) in [5, 5.41) is 10.0. The summed E-state index contributed by atoms with van der Waals surface area (Å²) in [5.74, 6) is 0. The molecule has 0 bridgehead atoms. The summed E-state index contributed by atoms with van der Waals surface area (Å²) in [6, 6.07) is 76.5. The zero-order chi connectivity index (χ0) is 37.9. The molecule has 0 fully saturated rings. The number of para-hydroxylation sites is 3. The molecule has 0 radical (unpaired) electrons. The Morgan fingerprint density at radius 2 is 0.845 bits per heavy atom. The van der Waals surface area contributed by atoms with Crippen LogP contribution in [0.15, 0.2) is 206 Å². The standard InChI is InChI=1S/C56H34N2/c1-2-14-35(15-3-1)46-34-41(28-39-18-6-7-19-42(39)46)57-52-23-11-9-21-44(52)49-31-38(26-27-55(49)57)40-32-50-45-22-10-13-25-54(45)58-53-24-12-8-20-43(53)47-29-36-16-4-5-17-37(36)30-48(47)51(33-40)56(50)58/h1-34H. The van der Waals surface area contributed by atoms with Crippen LogP contribution in [0.4, 0.5) is 0 Å². The molecule has 58 heavy (non-hydrogen) atoms. The van der Waals surface area contributed by atoms with E-state index in [-0.39, 0.29) is 0 Å². The summed E-state index contributed by atoms with van der Waals surface area (Å²) in [7, 11) is 0. The highest BCUT2D eigenvalue weighted by Gasteiger charge is 2.26. The predicted octanol–water partition coefficient (Wildman–Crippen LogP) is 15.2. The maximum Gasteiger partial charge on any atom is 0.0620 e. The van der Waals surface area contributed by atoms with Gasteiger partial charge in [0.1, 0.15) is 0 Å². The molecule has 268 valence electrons. The highest BCUT2D eigenvalue weighted by Crippen LogP contribution is 2.49. The molecule has 0 aliphatic carbocycles. The van der Waals surface area contributed by atoms with Gasteiger partial charge in [-0.3, -0.25) is 0 Å². The van der Waals surface area contributed by atoms with Gasteiger partial charge in [-0.05, 0) is 122 Å². The summed E-state index contributed by atoms with van der Waals surface area (Å²) < 4.78 is 4.96. The smallest absolute Gasteiger partial charge is 0.0620 e. The first-order valence-corrected chi connectivity index (χ1v) is 20.1. The quantitative estimate of drug-likeness (QED) is 0.171. The van der Waals surface area contributed by atoms with E-state index >= 15 is 0 Å². The van der Waals surface area contributed by atoms with E-state index in [4.69, 9.17) is 0 Å². The molecule has 1 aliphatic rings. The first kappa shape index (κ1) is 31.5. The minimum Gasteiger partial charge on any atom is -0.309 e. The summed E-state index contributed by atoms with van der Waals surface area (Å²) in [6.07, 6.45) is 0. The number of fused-ring (bicyclic) bond motifs is 13. The predicted molar refractivity (Wildman–Crippen MR) is 245 cm³/mol. The number of rotatable bonds is 3. The molecule has 2 heteroatoms. The third-order valence-corrected chi connectivity index (χ3v) is 12.6. The molecule has 0 unspecified atom stereocenters. The van der Waals surface area contributed by atoms with Crippen molar-refractivity contribution in [3.05, 3.63) is 206 Å². The highest BCUT2D eigenvalue weighted by atomic mass is 15.0. The molecule has 0 atom stereocenters. The van der Waals surface area contributed by atoms with Crippen molar-refractivity contribution in [2.24, 2.45) is 0 Å². The monoisotopic (exact) mass is 734 g/mol. The van der Waals surface area contributed by atoms with Crippen LogP contribution >= 0.6 is 0 Å². The molecule has 0 saturated heterocycles. The van der Waals surface area contributed by atoms with Gasteiger partial charge in [0, 0.05) is 38.4 Å². The van der Waals surface area contributed by atoms with Gasteiger partial charge in [0.25, 0.3) is 0 Å². The molecule has 3 heterocycles. The van der Waals surface area contributed by atoms with Gasteiger partial charge in [-0.1, -0.05) is 140 Å². The van der Waals surface area contributed by atoms with Crippen molar-refractivity contribution in [2.75, 3.05) is 0 Å². The lowest BCUT2D eigenvalue weighted by Crippen LogP contribution is -1.96. The van der Waals surface area contributed by atoms with E-state index in [1.165, 1.54) is 115 Å². The second-order valence-corrected chi connectivity index (χ2v) is 15.7. The van der Waals surface area contributed by atoms with Crippen LogP contribution in [0.5, 0.6) is 0 Å². The second-order valence-electron chi connectivity index (χ2n) is 15.7. The van der Waals surface area contributed by atoms with Gasteiger partial charge < -0.3 is 9.13 Å². The highest BCUT2D eigenvalue weighted by molar-refractivity contribution is 6.19. The van der Waals surface area contributed by atoms with E-state index in [0.29, 0.717) is 0 Å². The van der Waals surface area contributed by atoms with Crippen LogP contribution in [0.25, 0.3) is 121 Å². The van der Waals surface area contributed by atoms with Crippen LogP contribution in [0.1, 0.15) is 0 Å². The van der Waals surface area contributed by atoms with Crippen LogP contribution in [-0.4, -0.2) is 9.13 Å². The van der Waals surface area contributed by atoms with Gasteiger partial charge in [0.15, 0.2) is 0 Å². The number of aromatic nitrogens is 2. The molecule has 1 aliphatic heterocycles. The molecule has 0 spiro atoms. The Morgan fingerprint density at radius 3 is 1.64 bits per heavy atom. The molecule has 2 nitrogen and oxygen atoms in total. The second kappa shape index (κ2) is 11.9. The largest absolute Gasteiger partial charge is 0.309 e. The maximum absolute atomic E-state index is 2.51. The van der Waals surface area contributed by atoms with Gasteiger partial charge in [-0.2, -0.15) is 0 Å². The van der Waals surface area contributed by atoms with E-state index in [0.717, 1.165) is 5.69 Å². The third kappa shape index (κ3) is 4.43. The Kier molecular flexibility index (Phi) is 6.47. The average molecular weight is 735 g/mol. The van der Waals surface area contributed by atoms with Crippen LogP contribution < -0.4 is 0 Å². The minimum absolute atomic E-state index is 1.16. The number of benzene rings is 10. The van der Waals surface area contributed by atoms with E-state index in [9.17, 15) is 0 Å².